The zero-order chi connectivity index (χ0) is 42.8. The van der Waals surface area contributed by atoms with Crippen LogP contribution in [0.2, 0.25) is 54.4 Å². The lowest BCUT2D eigenvalue weighted by Crippen LogP contribution is -2.51. The molecule has 0 bridgehead atoms. The molecule has 6 aliphatic carbocycles. The van der Waals surface area contributed by atoms with E-state index in [9.17, 15) is 15.3 Å². The molecule has 0 aromatic heterocycles. The van der Waals surface area contributed by atoms with Crippen LogP contribution >= 0.6 is 0 Å². The van der Waals surface area contributed by atoms with Gasteiger partial charge >= 0.3 is 0 Å². The highest BCUT2D eigenvalue weighted by molar-refractivity contribution is 6.75. The molecule has 3 N–H and O–H groups in total. The van der Waals surface area contributed by atoms with Gasteiger partial charge in [0.2, 0.25) is 0 Å². The van der Waals surface area contributed by atoms with E-state index in [0.29, 0.717) is 17.8 Å². The van der Waals surface area contributed by atoms with Crippen LogP contribution in [0.3, 0.4) is 0 Å². The van der Waals surface area contributed by atoms with Gasteiger partial charge in [0, 0.05) is 19.3 Å². The SMILES string of the molecule is CC1C[C@@]2(O)C[C@@H]3C[C@]3(O[Si](C)(C)C(C)(C)C)[C@H]2O1.C[C@@H]1C[C@@]2(O)C[C@@H]3C[C@]3(O[Si](C)(C)C(C)(C)C)[C@H]2O1.C[C@H]1C[C@@]2(O)C[C@@H]3C[C@]3(O[Si](C)(C)C(C)(C)C)[C@H]2O1. The Balaban J connectivity index is 0.000000131. The Morgan fingerprint density at radius 1 is 0.404 bits per heavy atom. The summed E-state index contributed by atoms with van der Waals surface area (Å²) < 4.78 is 38.3. The topological polar surface area (TPSA) is 116 Å². The third-order valence-electron chi connectivity index (χ3n) is 17.7. The molecule has 15 atom stereocenters. The number of fused-ring (bicyclic) bond motifs is 9. The maximum absolute atomic E-state index is 10.8. The first kappa shape index (κ1) is 45.3. The zero-order valence-electron chi connectivity index (χ0n) is 39.4. The van der Waals surface area contributed by atoms with E-state index in [0.717, 1.165) is 57.8 Å². The highest BCUT2D eigenvalue weighted by Gasteiger charge is 2.79. The fourth-order valence-electron chi connectivity index (χ4n) is 11.7. The first-order valence-electron chi connectivity index (χ1n) is 22.7. The highest BCUT2D eigenvalue weighted by Crippen LogP contribution is 2.70. The van der Waals surface area contributed by atoms with Gasteiger partial charge in [-0.25, -0.2) is 0 Å². The summed E-state index contributed by atoms with van der Waals surface area (Å²) in [6.07, 6.45) is 8.41. The van der Waals surface area contributed by atoms with Crippen LogP contribution in [0.15, 0.2) is 0 Å². The molecule has 0 aromatic rings. The molecule has 330 valence electrons. The van der Waals surface area contributed by atoms with E-state index in [4.69, 9.17) is 27.5 Å². The smallest absolute Gasteiger partial charge is 0.192 e. The molecule has 0 spiro atoms. The molecule has 3 saturated heterocycles. The molecule has 0 aromatic carbocycles. The van der Waals surface area contributed by atoms with Gasteiger partial charge < -0.3 is 42.8 Å². The minimum atomic E-state index is -1.81. The molecule has 1 unspecified atom stereocenters. The highest BCUT2D eigenvalue weighted by atomic mass is 28.4. The zero-order valence-corrected chi connectivity index (χ0v) is 42.4. The number of hydrogen-bond donors (Lipinski definition) is 3. The van der Waals surface area contributed by atoms with Crippen LogP contribution in [0.4, 0.5) is 0 Å². The third-order valence-corrected chi connectivity index (χ3v) is 31.2. The van der Waals surface area contributed by atoms with Crippen molar-refractivity contribution in [3.05, 3.63) is 0 Å². The van der Waals surface area contributed by atoms with Crippen molar-refractivity contribution in [2.45, 2.75) is 265 Å². The fraction of sp³-hybridized carbons (Fsp3) is 1.00. The van der Waals surface area contributed by atoms with Gasteiger partial charge in [0.05, 0.1) is 51.9 Å². The van der Waals surface area contributed by atoms with Crippen LogP contribution in [-0.4, -0.2) is 111 Å². The molecule has 6 saturated carbocycles. The monoisotopic (exact) mass is 853 g/mol. The summed E-state index contributed by atoms with van der Waals surface area (Å²) in [5.74, 6) is 1.55. The van der Waals surface area contributed by atoms with E-state index in [-0.39, 0.29) is 68.5 Å². The lowest BCUT2D eigenvalue weighted by atomic mass is 9.92. The molecular weight excluding hydrogens is 769 g/mol. The van der Waals surface area contributed by atoms with Gasteiger partial charge in [-0.2, -0.15) is 0 Å². The molecular formula is C45H84O9Si3. The number of ether oxygens (including phenoxy) is 3. The van der Waals surface area contributed by atoms with E-state index in [1.165, 1.54) is 0 Å². The van der Waals surface area contributed by atoms with E-state index >= 15 is 0 Å². The molecule has 3 heterocycles. The minimum absolute atomic E-state index is 0.0888. The Kier molecular flexibility index (Phi) is 10.5. The molecule has 12 heteroatoms. The van der Waals surface area contributed by atoms with Crippen molar-refractivity contribution in [1.29, 1.82) is 0 Å². The van der Waals surface area contributed by atoms with Crippen molar-refractivity contribution in [3.8, 4) is 0 Å². The number of hydrogen-bond acceptors (Lipinski definition) is 9. The van der Waals surface area contributed by atoms with Gasteiger partial charge in [-0.05, 0) is 131 Å². The average molecular weight is 853 g/mol. The fourth-order valence-corrected chi connectivity index (χ4v) is 16.5. The first-order chi connectivity index (χ1) is 25.5. The molecule has 9 fully saturated rings. The van der Waals surface area contributed by atoms with E-state index in [2.05, 4.69) is 122 Å². The molecule has 9 nitrogen and oxygen atoms in total. The van der Waals surface area contributed by atoms with E-state index in [1.807, 2.05) is 0 Å². The van der Waals surface area contributed by atoms with Gasteiger partial charge in [0.1, 0.15) is 18.3 Å². The second-order valence-electron chi connectivity index (χ2n) is 25.7. The van der Waals surface area contributed by atoms with Crippen molar-refractivity contribution in [3.63, 3.8) is 0 Å². The Bertz CT molecular complexity index is 1390. The summed E-state index contributed by atoms with van der Waals surface area (Å²) in [7, 11) is -5.42. The maximum Gasteiger partial charge on any atom is 0.192 e. The van der Waals surface area contributed by atoms with Crippen molar-refractivity contribution < 1.29 is 42.8 Å². The van der Waals surface area contributed by atoms with Crippen molar-refractivity contribution in [1.82, 2.24) is 0 Å². The van der Waals surface area contributed by atoms with E-state index < -0.39 is 41.8 Å². The largest absolute Gasteiger partial charge is 0.408 e. The second-order valence-corrected chi connectivity index (χ2v) is 39.8. The summed E-state index contributed by atoms with van der Waals surface area (Å²) in [5.41, 5.74) is -2.35. The summed E-state index contributed by atoms with van der Waals surface area (Å²) in [6, 6.07) is 0. The second kappa shape index (κ2) is 13.2. The van der Waals surface area contributed by atoms with Gasteiger partial charge in [-0.3, -0.25) is 0 Å². The quantitative estimate of drug-likeness (QED) is 0.225. The van der Waals surface area contributed by atoms with Crippen LogP contribution in [0.5, 0.6) is 0 Å². The van der Waals surface area contributed by atoms with Crippen LogP contribution in [0.1, 0.15) is 141 Å². The third kappa shape index (κ3) is 7.35. The van der Waals surface area contributed by atoms with Gasteiger partial charge in [-0.15, -0.1) is 0 Å². The van der Waals surface area contributed by atoms with Crippen LogP contribution in [-0.2, 0) is 27.5 Å². The van der Waals surface area contributed by atoms with Crippen molar-refractivity contribution >= 4 is 25.0 Å². The summed E-state index contributed by atoms with van der Waals surface area (Å²) in [6.45, 7) is 40.4. The Morgan fingerprint density at radius 3 is 0.807 bits per heavy atom. The first-order valence-corrected chi connectivity index (χ1v) is 31.5. The number of rotatable bonds is 6. The molecule has 57 heavy (non-hydrogen) atoms. The Hall–Kier alpha value is 0.291. The predicted octanol–water partition coefficient (Wildman–Crippen LogP) is 9.24. The van der Waals surface area contributed by atoms with E-state index in [1.54, 1.807) is 0 Å². The summed E-state index contributed by atoms with van der Waals surface area (Å²) >= 11 is 0. The lowest BCUT2D eigenvalue weighted by molar-refractivity contribution is -0.0888. The standard InChI is InChI=1S/3C15H28O3Si/c3*1-10-7-14(16)8-11-9-15(11,12(14)17-10)18-19(5,6)13(2,3)4/h3*10-12,16H,7-9H2,1-6H3/t10?,11-,12+,14-,15-;10-,11+,12-,14+,15+;10-,11-,12+,14-,15-/m101/s1. The number of aliphatic hydroxyl groups is 3. The summed E-state index contributed by atoms with van der Waals surface area (Å²) in [5, 5.41) is 33.0. The van der Waals surface area contributed by atoms with Gasteiger partial charge in [0.15, 0.2) is 25.0 Å². The molecule has 9 rings (SSSR count). The van der Waals surface area contributed by atoms with Gasteiger partial charge in [0.25, 0.3) is 0 Å². The average Bonchev–Trinajstić information content (AvgIpc) is 3.81. The van der Waals surface area contributed by atoms with Gasteiger partial charge in [-0.1, -0.05) is 62.3 Å². The molecule has 0 amide bonds. The van der Waals surface area contributed by atoms with Crippen LogP contribution in [0.25, 0.3) is 0 Å². The van der Waals surface area contributed by atoms with Crippen molar-refractivity contribution in [2.24, 2.45) is 17.8 Å². The molecule has 9 aliphatic rings. The maximum atomic E-state index is 10.8. The van der Waals surface area contributed by atoms with Crippen molar-refractivity contribution in [2.75, 3.05) is 0 Å². The predicted molar refractivity (Wildman–Crippen MR) is 233 cm³/mol. The Labute approximate surface area is 349 Å². The van der Waals surface area contributed by atoms with Crippen LogP contribution in [0, 0.1) is 17.8 Å². The Morgan fingerprint density at radius 2 is 0.614 bits per heavy atom. The lowest BCUT2D eigenvalue weighted by Gasteiger charge is -2.41. The minimum Gasteiger partial charge on any atom is -0.408 e. The molecule has 0 radical (unpaired) electrons. The summed E-state index contributed by atoms with van der Waals surface area (Å²) in [4.78, 5) is 0. The normalized spacial score (nSPS) is 49.1. The van der Waals surface area contributed by atoms with Crippen LogP contribution < -0.4 is 0 Å². The molecule has 3 aliphatic heterocycles.